The Morgan fingerprint density at radius 3 is 2.56 bits per heavy atom. The molecule has 1 aromatic rings. The van der Waals surface area contributed by atoms with E-state index in [0.717, 1.165) is 0 Å². The van der Waals surface area contributed by atoms with Gasteiger partial charge in [-0.1, -0.05) is 0 Å². The molecule has 1 rings (SSSR count). The summed E-state index contributed by atoms with van der Waals surface area (Å²) < 4.78 is 10.8. The summed E-state index contributed by atoms with van der Waals surface area (Å²) in [5.41, 5.74) is 0.510. The highest BCUT2D eigenvalue weighted by Crippen LogP contribution is 2.09. The van der Waals surface area contributed by atoms with Gasteiger partial charge >= 0.3 is 0 Å². The number of aromatic hydroxyl groups is 1. The summed E-state index contributed by atoms with van der Waals surface area (Å²) in [4.78, 5) is 11.5. The van der Waals surface area contributed by atoms with Gasteiger partial charge in [-0.15, -0.1) is 0 Å². The molecule has 0 heterocycles. The molecule has 0 saturated carbocycles. The number of carbonyl (C=O) groups excluding carboxylic acids is 1. The van der Waals surface area contributed by atoms with Crippen LogP contribution in [0, 0.1) is 0 Å². The lowest BCUT2D eigenvalue weighted by Gasteiger charge is -2.04. The van der Waals surface area contributed by atoms with E-state index in [1.807, 2.05) is 0 Å². The minimum absolute atomic E-state index is 0.137. The molecule has 1 atom stereocenters. The van der Waals surface area contributed by atoms with Crippen LogP contribution in [0.2, 0.25) is 0 Å². The molecule has 0 fully saturated rings. The number of rotatable bonds is 5. The Balaban J connectivity index is 2.35. The molecular weight excluding hydrogens is 226 g/mol. The first-order valence-electron chi connectivity index (χ1n) is 4.97. The van der Waals surface area contributed by atoms with E-state index in [2.05, 4.69) is 5.32 Å². The number of benzene rings is 1. The number of phenols is 1. The number of amides is 1. The molecule has 88 valence electrons. The quantitative estimate of drug-likeness (QED) is 0.752. The van der Waals surface area contributed by atoms with Crippen molar-refractivity contribution in [1.82, 2.24) is 5.32 Å². The van der Waals surface area contributed by atoms with Gasteiger partial charge in [0.05, 0.1) is 0 Å². The Bertz CT molecular complexity index is 375. The van der Waals surface area contributed by atoms with Crippen molar-refractivity contribution in [1.29, 1.82) is 0 Å². The number of hydrogen-bond acceptors (Lipinski definition) is 3. The van der Waals surface area contributed by atoms with E-state index < -0.39 is 10.8 Å². The fourth-order valence-corrected chi connectivity index (χ4v) is 1.74. The average Bonchev–Trinajstić information content (AvgIpc) is 2.25. The number of carbonyl (C=O) groups is 1. The lowest BCUT2D eigenvalue weighted by atomic mass is 10.2. The zero-order chi connectivity index (χ0) is 12.0. The normalized spacial score (nSPS) is 12.1. The molecule has 0 aliphatic heterocycles. The van der Waals surface area contributed by atoms with Crippen molar-refractivity contribution in [3.05, 3.63) is 29.8 Å². The number of phenolic OH excluding ortho intramolecular Hbond substituents is 1. The minimum Gasteiger partial charge on any atom is -0.508 e. The Hall–Kier alpha value is -1.36. The molecule has 0 saturated heterocycles. The van der Waals surface area contributed by atoms with Crippen LogP contribution in [0.3, 0.4) is 0 Å². The van der Waals surface area contributed by atoms with E-state index in [4.69, 9.17) is 5.11 Å². The summed E-state index contributed by atoms with van der Waals surface area (Å²) in [5, 5.41) is 11.8. The van der Waals surface area contributed by atoms with Gasteiger partial charge in [-0.25, -0.2) is 0 Å². The van der Waals surface area contributed by atoms with E-state index in [0.29, 0.717) is 24.3 Å². The van der Waals surface area contributed by atoms with Gasteiger partial charge in [-0.2, -0.15) is 0 Å². The molecule has 0 bridgehead atoms. The van der Waals surface area contributed by atoms with Crippen LogP contribution in [0.25, 0.3) is 0 Å². The molecule has 0 aliphatic rings. The highest BCUT2D eigenvalue weighted by Gasteiger charge is 2.04. The van der Waals surface area contributed by atoms with Gasteiger partial charge < -0.3 is 10.4 Å². The number of hydrogen-bond donors (Lipinski definition) is 2. The fourth-order valence-electron chi connectivity index (χ4n) is 1.19. The van der Waals surface area contributed by atoms with Crippen LogP contribution in [-0.2, 0) is 10.8 Å². The van der Waals surface area contributed by atoms with Crippen molar-refractivity contribution < 1.29 is 14.1 Å². The van der Waals surface area contributed by atoms with E-state index >= 15 is 0 Å². The van der Waals surface area contributed by atoms with Gasteiger partial charge in [0.25, 0.3) is 5.91 Å². The maximum atomic E-state index is 11.5. The Kier molecular flexibility index (Phi) is 4.98. The minimum atomic E-state index is -0.812. The zero-order valence-corrected chi connectivity index (χ0v) is 9.92. The van der Waals surface area contributed by atoms with E-state index in [1.54, 1.807) is 18.4 Å². The van der Waals surface area contributed by atoms with Crippen molar-refractivity contribution in [3.63, 3.8) is 0 Å². The molecule has 1 unspecified atom stereocenters. The lowest BCUT2D eigenvalue weighted by Crippen LogP contribution is -2.25. The molecule has 0 spiro atoms. The smallest absolute Gasteiger partial charge is 0.251 e. The molecule has 0 aromatic heterocycles. The first-order chi connectivity index (χ1) is 7.59. The second-order valence-electron chi connectivity index (χ2n) is 3.43. The summed E-state index contributed by atoms with van der Waals surface area (Å²) >= 11 is 0. The predicted molar refractivity (Wildman–Crippen MR) is 64.0 cm³/mol. The highest BCUT2D eigenvalue weighted by molar-refractivity contribution is 7.84. The molecule has 2 N–H and O–H groups in total. The van der Waals surface area contributed by atoms with Crippen molar-refractivity contribution in [3.8, 4) is 5.75 Å². The third kappa shape index (κ3) is 4.44. The third-order valence-electron chi connectivity index (χ3n) is 2.02. The van der Waals surface area contributed by atoms with Gasteiger partial charge in [0.2, 0.25) is 0 Å². The van der Waals surface area contributed by atoms with Crippen LogP contribution in [0.1, 0.15) is 16.8 Å². The van der Waals surface area contributed by atoms with Gasteiger partial charge in [0.15, 0.2) is 0 Å². The largest absolute Gasteiger partial charge is 0.508 e. The monoisotopic (exact) mass is 241 g/mol. The van der Waals surface area contributed by atoms with E-state index in [9.17, 15) is 9.00 Å². The van der Waals surface area contributed by atoms with Crippen molar-refractivity contribution >= 4 is 16.7 Å². The number of nitrogens with one attached hydrogen (secondary N) is 1. The predicted octanol–water partition coefficient (Wildman–Crippen LogP) is 0.891. The molecule has 1 aromatic carbocycles. The molecule has 1 amide bonds. The fraction of sp³-hybridized carbons (Fsp3) is 0.364. The van der Waals surface area contributed by atoms with Gasteiger partial charge in [-0.3, -0.25) is 9.00 Å². The first-order valence-corrected chi connectivity index (χ1v) is 6.69. The molecule has 0 aliphatic carbocycles. The first kappa shape index (κ1) is 12.7. The lowest BCUT2D eigenvalue weighted by molar-refractivity contribution is 0.0954. The summed E-state index contributed by atoms with van der Waals surface area (Å²) in [6.45, 7) is 0.513. The molecule has 5 heteroatoms. The van der Waals surface area contributed by atoms with Crippen molar-refractivity contribution in [2.45, 2.75) is 6.42 Å². The van der Waals surface area contributed by atoms with Crippen molar-refractivity contribution in [2.24, 2.45) is 0 Å². The summed E-state index contributed by atoms with van der Waals surface area (Å²) in [6.07, 6.45) is 2.34. The molecule has 4 nitrogen and oxygen atoms in total. The topological polar surface area (TPSA) is 66.4 Å². The SMILES string of the molecule is CS(=O)CCCNC(=O)c1ccc(O)cc1. The second kappa shape index (κ2) is 6.27. The highest BCUT2D eigenvalue weighted by atomic mass is 32.2. The van der Waals surface area contributed by atoms with Crippen molar-refractivity contribution in [2.75, 3.05) is 18.6 Å². The molecular formula is C11H15NO3S. The van der Waals surface area contributed by atoms with E-state index in [-0.39, 0.29) is 11.7 Å². The standard InChI is InChI=1S/C11H15NO3S/c1-16(15)8-2-7-12-11(14)9-3-5-10(13)6-4-9/h3-6,13H,2,7-8H2,1H3,(H,12,14). The van der Waals surface area contributed by atoms with Gasteiger partial charge in [0.1, 0.15) is 5.75 Å². The maximum Gasteiger partial charge on any atom is 0.251 e. The van der Waals surface area contributed by atoms with Crippen LogP contribution < -0.4 is 5.32 Å². The summed E-state index contributed by atoms with van der Waals surface area (Å²) in [5.74, 6) is 0.551. The average molecular weight is 241 g/mol. The Morgan fingerprint density at radius 1 is 1.38 bits per heavy atom. The Morgan fingerprint density at radius 2 is 2.00 bits per heavy atom. The zero-order valence-electron chi connectivity index (χ0n) is 9.10. The maximum absolute atomic E-state index is 11.5. The van der Waals surface area contributed by atoms with Crippen LogP contribution in [-0.4, -0.2) is 33.8 Å². The van der Waals surface area contributed by atoms with Crippen LogP contribution in [0.15, 0.2) is 24.3 Å². The van der Waals surface area contributed by atoms with Gasteiger partial charge in [-0.05, 0) is 30.7 Å². The van der Waals surface area contributed by atoms with E-state index in [1.165, 1.54) is 12.1 Å². The van der Waals surface area contributed by atoms with Gasteiger partial charge in [0, 0.05) is 34.9 Å². The van der Waals surface area contributed by atoms with Crippen LogP contribution in [0.4, 0.5) is 0 Å². The third-order valence-corrected chi connectivity index (χ3v) is 2.89. The van der Waals surface area contributed by atoms with Crippen LogP contribution >= 0.6 is 0 Å². The second-order valence-corrected chi connectivity index (χ2v) is 4.99. The molecule has 0 radical (unpaired) electrons. The summed E-state index contributed by atoms with van der Waals surface area (Å²) in [6, 6.07) is 6.05. The molecule has 16 heavy (non-hydrogen) atoms. The van der Waals surface area contributed by atoms with Crippen LogP contribution in [0.5, 0.6) is 5.75 Å². The Labute approximate surface area is 97.1 Å². The summed E-state index contributed by atoms with van der Waals surface area (Å²) in [7, 11) is -0.812.